The Hall–Kier alpha value is -1.69. The lowest BCUT2D eigenvalue weighted by molar-refractivity contribution is 0.312. The third-order valence-electron chi connectivity index (χ3n) is 3.99. The Kier molecular flexibility index (Phi) is 5.04. The average molecular weight is 432 g/mol. The van der Waals surface area contributed by atoms with Gasteiger partial charge in [-0.25, -0.2) is 4.98 Å². The van der Waals surface area contributed by atoms with Gasteiger partial charge in [0.1, 0.15) is 0 Å². The molecule has 24 heavy (non-hydrogen) atoms. The van der Waals surface area contributed by atoms with Crippen molar-refractivity contribution in [3.63, 3.8) is 0 Å². The number of benzene rings is 2. The molecule has 0 spiro atoms. The highest BCUT2D eigenvalue weighted by Gasteiger charge is 2.13. The predicted molar refractivity (Wildman–Crippen MR) is 107 cm³/mol. The van der Waals surface area contributed by atoms with Gasteiger partial charge in [-0.05, 0) is 28.7 Å². The van der Waals surface area contributed by atoms with E-state index in [1.807, 2.05) is 24.3 Å². The summed E-state index contributed by atoms with van der Waals surface area (Å²) >= 11 is 2.13. The summed E-state index contributed by atoms with van der Waals surface area (Å²) in [4.78, 5) is 8.86. The first-order chi connectivity index (χ1) is 11.4. The summed E-state index contributed by atoms with van der Waals surface area (Å²) < 4.78 is 6.65. The first-order valence-electron chi connectivity index (χ1n) is 8.08. The summed E-state index contributed by atoms with van der Waals surface area (Å²) in [5, 5.41) is 0.959. The second-order valence-electron chi connectivity index (χ2n) is 6.86. The van der Waals surface area contributed by atoms with Crippen LogP contribution in [-0.2, 0) is 11.8 Å². The number of rotatable bonds is 4. The second kappa shape index (κ2) is 7.05. The summed E-state index contributed by atoms with van der Waals surface area (Å²) in [5.41, 5.74) is 3.73. The van der Waals surface area contributed by atoms with Gasteiger partial charge >= 0.3 is 0 Å². The molecule has 4 heteroatoms. The lowest BCUT2D eigenvalue weighted by Gasteiger charge is -2.19. The largest absolute Gasteiger partial charge is 0.477 e. The molecule has 0 amide bonds. The van der Waals surface area contributed by atoms with Crippen LogP contribution in [0.5, 0.6) is 5.88 Å². The van der Waals surface area contributed by atoms with E-state index in [1.165, 1.54) is 11.1 Å². The van der Waals surface area contributed by atoms with Gasteiger partial charge in [0.05, 0.1) is 17.5 Å². The molecular formula is C20H21IN2O. The summed E-state index contributed by atoms with van der Waals surface area (Å²) in [6, 6.07) is 16.7. The molecule has 1 heterocycles. The van der Waals surface area contributed by atoms with E-state index in [0.29, 0.717) is 16.3 Å². The van der Waals surface area contributed by atoms with E-state index in [1.54, 1.807) is 0 Å². The minimum atomic E-state index is 0.186. The van der Waals surface area contributed by atoms with Gasteiger partial charge in [-0.1, -0.05) is 57.2 Å². The van der Waals surface area contributed by atoms with E-state index in [9.17, 15) is 0 Å². The van der Waals surface area contributed by atoms with E-state index in [2.05, 4.69) is 77.6 Å². The Labute approximate surface area is 156 Å². The number of hydrogen-bond acceptors (Lipinski definition) is 3. The van der Waals surface area contributed by atoms with Crippen molar-refractivity contribution in [3.8, 4) is 5.88 Å². The Morgan fingerprint density at radius 3 is 2.38 bits per heavy atom. The molecule has 2 aromatic carbocycles. The van der Waals surface area contributed by atoms with Crippen molar-refractivity contribution in [1.82, 2.24) is 9.97 Å². The van der Waals surface area contributed by atoms with Crippen LogP contribution in [0, 0.1) is 3.83 Å². The molecule has 0 N–H and O–H groups in total. The fourth-order valence-electron chi connectivity index (χ4n) is 2.57. The zero-order valence-electron chi connectivity index (χ0n) is 14.2. The first kappa shape index (κ1) is 17.1. The molecule has 0 bridgehead atoms. The van der Waals surface area contributed by atoms with Crippen molar-refractivity contribution in [2.75, 3.05) is 6.61 Å². The van der Waals surface area contributed by atoms with Crippen molar-refractivity contribution >= 4 is 33.5 Å². The fraction of sp³-hybridized carbons (Fsp3) is 0.300. The molecule has 0 aliphatic heterocycles. The van der Waals surface area contributed by atoms with E-state index in [-0.39, 0.29) is 5.41 Å². The van der Waals surface area contributed by atoms with Crippen LogP contribution in [0.3, 0.4) is 0 Å². The predicted octanol–water partition coefficient (Wildman–Crippen LogP) is 5.15. The Morgan fingerprint density at radius 2 is 1.67 bits per heavy atom. The highest BCUT2D eigenvalue weighted by molar-refractivity contribution is 14.1. The second-order valence-corrected chi connectivity index (χ2v) is 7.83. The molecule has 124 valence electrons. The average Bonchev–Trinajstić information content (AvgIpc) is 2.54. The van der Waals surface area contributed by atoms with Crippen molar-refractivity contribution < 1.29 is 4.74 Å². The maximum Gasteiger partial charge on any atom is 0.225 e. The minimum Gasteiger partial charge on any atom is -0.477 e. The van der Waals surface area contributed by atoms with Crippen LogP contribution < -0.4 is 4.74 Å². The normalized spacial score (nSPS) is 11.7. The summed E-state index contributed by atoms with van der Waals surface area (Å²) in [6.07, 6.45) is 0.860. The topological polar surface area (TPSA) is 35.0 Å². The Bertz CT molecular complexity index is 838. The molecule has 3 rings (SSSR count). The van der Waals surface area contributed by atoms with Crippen LogP contribution in [0.25, 0.3) is 10.9 Å². The smallest absolute Gasteiger partial charge is 0.225 e. The number of fused-ring (bicyclic) bond motifs is 1. The third-order valence-corrected chi connectivity index (χ3v) is 4.47. The SMILES string of the molecule is CC(C)(C)c1ccc(CCOc2nc(I)nc3ccccc23)cc1. The van der Waals surface area contributed by atoms with Gasteiger partial charge in [-0.3, -0.25) is 0 Å². The third kappa shape index (κ3) is 4.04. The Morgan fingerprint density at radius 1 is 0.958 bits per heavy atom. The number of hydrogen-bond donors (Lipinski definition) is 0. The van der Waals surface area contributed by atoms with Gasteiger partial charge in [0, 0.05) is 29.0 Å². The molecule has 1 aromatic heterocycles. The van der Waals surface area contributed by atoms with Gasteiger partial charge < -0.3 is 4.74 Å². The zero-order chi connectivity index (χ0) is 17.2. The highest BCUT2D eigenvalue weighted by atomic mass is 127. The number of halogens is 1. The van der Waals surface area contributed by atoms with Gasteiger partial charge in [-0.15, -0.1) is 0 Å². The maximum atomic E-state index is 5.95. The first-order valence-corrected chi connectivity index (χ1v) is 9.16. The molecular weight excluding hydrogens is 411 g/mol. The monoisotopic (exact) mass is 432 g/mol. The molecule has 0 aliphatic rings. The van der Waals surface area contributed by atoms with Crippen LogP contribution in [0.1, 0.15) is 31.9 Å². The zero-order valence-corrected chi connectivity index (χ0v) is 16.4. The molecule has 0 saturated carbocycles. The fourth-order valence-corrected chi connectivity index (χ4v) is 3.05. The maximum absolute atomic E-state index is 5.95. The van der Waals surface area contributed by atoms with Crippen LogP contribution in [-0.4, -0.2) is 16.6 Å². The van der Waals surface area contributed by atoms with Crippen molar-refractivity contribution in [1.29, 1.82) is 0 Å². The molecule has 0 unspecified atom stereocenters. The molecule has 0 fully saturated rings. The molecule has 0 saturated heterocycles. The van der Waals surface area contributed by atoms with Crippen molar-refractivity contribution in [2.45, 2.75) is 32.6 Å². The van der Waals surface area contributed by atoms with Crippen LogP contribution in [0.4, 0.5) is 0 Å². The molecule has 3 nitrogen and oxygen atoms in total. The summed E-state index contributed by atoms with van der Waals surface area (Å²) in [6.45, 7) is 7.29. The standard InChI is InChI=1S/C20H21IN2O/c1-20(2,3)15-10-8-14(9-11-15)12-13-24-18-16-6-4-5-7-17(16)22-19(21)23-18/h4-11H,12-13H2,1-3H3. The quantitative estimate of drug-likeness (QED) is 0.422. The van der Waals surface area contributed by atoms with E-state index in [0.717, 1.165) is 17.3 Å². The Balaban J connectivity index is 1.69. The lowest BCUT2D eigenvalue weighted by Crippen LogP contribution is -2.11. The number of para-hydroxylation sites is 1. The molecule has 0 radical (unpaired) electrons. The number of aromatic nitrogens is 2. The van der Waals surface area contributed by atoms with Crippen LogP contribution >= 0.6 is 22.6 Å². The molecule has 3 aromatic rings. The van der Waals surface area contributed by atoms with Gasteiger partial charge in [0.2, 0.25) is 5.88 Å². The van der Waals surface area contributed by atoms with Crippen LogP contribution in [0.2, 0.25) is 0 Å². The summed E-state index contributed by atoms with van der Waals surface area (Å²) in [5.74, 6) is 0.663. The van der Waals surface area contributed by atoms with Gasteiger partial charge in [0.25, 0.3) is 0 Å². The van der Waals surface area contributed by atoms with E-state index < -0.39 is 0 Å². The van der Waals surface area contributed by atoms with E-state index >= 15 is 0 Å². The molecule has 0 aliphatic carbocycles. The lowest BCUT2D eigenvalue weighted by atomic mass is 9.86. The van der Waals surface area contributed by atoms with Crippen LogP contribution in [0.15, 0.2) is 48.5 Å². The number of nitrogens with zero attached hydrogens (tertiary/aromatic N) is 2. The minimum absolute atomic E-state index is 0.186. The van der Waals surface area contributed by atoms with E-state index in [4.69, 9.17) is 4.74 Å². The van der Waals surface area contributed by atoms with Crippen molar-refractivity contribution in [2.24, 2.45) is 0 Å². The molecule has 0 atom stereocenters. The van der Waals surface area contributed by atoms with Crippen molar-refractivity contribution in [3.05, 3.63) is 63.5 Å². The number of ether oxygens (including phenoxy) is 1. The highest BCUT2D eigenvalue weighted by Crippen LogP contribution is 2.24. The van der Waals surface area contributed by atoms with Gasteiger partial charge in [-0.2, -0.15) is 4.98 Å². The summed E-state index contributed by atoms with van der Waals surface area (Å²) in [7, 11) is 0. The van der Waals surface area contributed by atoms with Gasteiger partial charge in [0.15, 0.2) is 3.83 Å².